The first kappa shape index (κ1) is 29.0. The van der Waals surface area contributed by atoms with E-state index in [-0.39, 0.29) is 23.5 Å². The molecule has 0 aliphatic rings. The van der Waals surface area contributed by atoms with Gasteiger partial charge in [0.2, 0.25) is 0 Å². The van der Waals surface area contributed by atoms with Crippen molar-refractivity contribution in [1.82, 2.24) is 10.7 Å². The second-order valence-corrected chi connectivity index (χ2v) is 10.9. The molecule has 9 nitrogen and oxygen atoms in total. The lowest BCUT2D eigenvalue weighted by Gasteiger charge is -2.23. The molecule has 0 saturated heterocycles. The lowest BCUT2D eigenvalue weighted by molar-refractivity contribution is -0.123. The van der Waals surface area contributed by atoms with Gasteiger partial charge in [-0.15, -0.1) is 0 Å². The van der Waals surface area contributed by atoms with Gasteiger partial charge in [-0.3, -0.25) is 13.9 Å². The maximum absolute atomic E-state index is 13.3. The highest BCUT2D eigenvalue weighted by Gasteiger charge is 2.26. The molecular formula is C31H30N4O5S. The van der Waals surface area contributed by atoms with Crippen molar-refractivity contribution >= 4 is 33.7 Å². The zero-order chi connectivity index (χ0) is 29.1. The number of rotatable bonds is 12. The van der Waals surface area contributed by atoms with Crippen LogP contribution in [0.2, 0.25) is 0 Å². The summed E-state index contributed by atoms with van der Waals surface area (Å²) in [4.78, 5) is 25.0. The lowest BCUT2D eigenvalue weighted by Crippen LogP contribution is -2.39. The molecule has 0 fully saturated rings. The van der Waals surface area contributed by atoms with Gasteiger partial charge >= 0.3 is 0 Å². The van der Waals surface area contributed by atoms with Gasteiger partial charge in [0.1, 0.15) is 12.3 Å². The minimum atomic E-state index is -3.99. The van der Waals surface area contributed by atoms with Crippen LogP contribution in [0.4, 0.5) is 5.69 Å². The van der Waals surface area contributed by atoms with Crippen LogP contribution < -0.4 is 19.8 Å². The number of carbonyl (C=O) groups excluding carboxylic acids is 2. The molecule has 4 aromatic carbocycles. The Bertz CT molecular complexity index is 1560. The Hall–Kier alpha value is -4.96. The van der Waals surface area contributed by atoms with Crippen molar-refractivity contribution in [1.29, 1.82) is 0 Å². The van der Waals surface area contributed by atoms with Gasteiger partial charge in [-0.2, -0.15) is 5.10 Å². The molecule has 0 aromatic heterocycles. The number of anilines is 1. The third kappa shape index (κ3) is 8.26. The fourth-order valence-electron chi connectivity index (χ4n) is 3.88. The van der Waals surface area contributed by atoms with Gasteiger partial charge in [0.15, 0.2) is 6.61 Å². The first-order valence-corrected chi connectivity index (χ1v) is 14.3. The summed E-state index contributed by atoms with van der Waals surface area (Å²) in [6.45, 7) is 1.31. The SMILES string of the molecule is C[C@H](NC(=O)COc1ccc(/C=N\NC(=O)CN(c2ccccc2)S(=O)(=O)c2ccccc2)cc1)c1ccccc1. The van der Waals surface area contributed by atoms with Crippen LogP contribution in [-0.4, -0.2) is 39.6 Å². The highest BCUT2D eigenvalue weighted by Crippen LogP contribution is 2.23. The van der Waals surface area contributed by atoms with Crippen molar-refractivity contribution in [3.63, 3.8) is 0 Å². The summed E-state index contributed by atoms with van der Waals surface area (Å²) < 4.78 is 33.2. The summed E-state index contributed by atoms with van der Waals surface area (Å²) in [7, 11) is -3.99. The number of ether oxygens (including phenoxy) is 1. The fourth-order valence-corrected chi connectivity index (χ4v) is 5.32. The van der Waals surface area contributed by atoms with Gasteiger partial charge in [0, 0.05) is 0 Å². The molecule has 4 rings (SSSR count). The first-order chi connectivity index (χ1) is 19.8. The molecule has 1 atom stereocenters. The summed E-state index contributed by atoms with van der Waals surface area (Å²) in [6.07, 6.45) is 1.43. The topological polar surface area (TPSA) is 117 Å². The minimum absolute atomic E-state index is 0.0747. The summed E-state index contributed by atoms with van der Waals surface area (Å²) in [6, 6.07) is 32.6. The van der Waals surface area contributed by atoms with E-state index >= 15 is 0 Å². The Morgan fingerprint density at radius 3 is 2.05 bits per heavy atom. The molecule has 2 amide bonds. The highest BCUT2D eigenvalue weighted by molar-refractivity contribution is 7.92. The van der Waals surface area contributed by atoms with Crippen LogP contribution in [0.5, 0.6) is 5.75 Å². The molecule has 0 spiro atoms. The predicted molar refractivity (Wildman–Crippen MR) is 158 cm³/mol. The van der Waals surface area contributed by atoms with E-state index < -0.39 is 22.5 Å². The van der Waals surface area contributed by atoms with Crippen LogP contribution in [0.25, 0.3) is 0 Å². The number of amides is 2. The van der Waals surface area contributed by atoms with Crippen molar-refractivity contribution in [2.75, 3.05) is 17.5 Å². The second kappa shape index (κ2) is 13.9. The van der Waals surface area contributed by atoms with E-state index in [0.717, 1.165) is 9.87 Å². The quantitative estimate of drug-likeness (QED) is 0.195. The molecule has 0 aliphatic carbocycles. The number of hydrogen-bond donors (Lipinski definition) is 2. The third-order valence-electron chi connectivity index (χ3n) is 5.99. The first-order valence-electron chi connectivity index (χ1n) is 12.8. The summed E-state index contributed by atoms with van der Waals surface area (Å²) in [5, 5.41) is 6.85. The number of benzene rings is 4. The second-order valence-electron chi connectivity index (χ2n) is 9.01. The van der Waals surface area contributed by atoms with Gasteiger partial charge in [-0.25, -0.2) is 13.8 Å². The smallest absolute Gasteiger partial charge is 0.264 e. The Balaban J connectivity index is 1.30. The number of hydrogen-bond acceptors (Lipinski definition) is 6. The van der Waals surface area contributed by atoms with E-state index in [9.17, 15) is 18.0 Å². The molecular weight excluding hydrogens is 540 g/mol. The van der Waals surface area contributed by atoms with Crippen molar-refractivity contribution in [3.05, 3.63) is 126 Å². The van der Waals surface area contributed by atoms with E-state index in [1.165, 1.54) is 18.3 Å². The van der Waals surface area contributed by atoms with Crippen LogP contribution in [0.3, 0.4) is 0 Å². The van der Waals surface area contributed by atoms with Crippen LogP contribution in [0, 0.1) is 0 Å². The molecule has 10 heteroatoms. The summed E-state index contributed by atoms with van der Waals surface area (Å²) >= 11 is 0. The number of hydrazone groups is 1. The Morgan fingerprint density at radius 2 is 1.41 bits per heavy atom. The van der Waals surface area contributed by atoms with E-state index in [2.05, 4.69) is 15.8 Å². The van der Waals surface area contributed by atoms with E-state index in [1.807, 2.05) is 37.3 Å². The van der Waals surface area contributed by atoms with Crippen LogP contribution in [0.15, 0.2) is 125 Å². The Labute approximate surface area is 239 Å². The standard InChI is InChI=1S/C31H30N4O5S/c1-24(26-11-5-2-6-12-26)33-31(37)23-40-28-19-17-25(18-20-28)21-32-34-30(36)22-35(27-13-7-3-8-14-27)41(38,39)29-15-9-4-10-16-29/h2-21,24H,22-23H2,1H3,(H,33,37)(H,34,36)/b32-21-/t24-/m0/s1. The number of para-hydroxylation sites is 1. The summed E-state index contributed by atoms with van der Waals surface area (Å²) in [5.41, 5.74) is 4.40. The van der Waals surface area contributed by atoms with E-state index in [0.29, 0.717) is 17.0 Å². The number of nitrogens with zero attached hydrogens (tertiary/aromatic N) is 2. The molecule has 2 N–H and O–H groups in total. The predicted octanol–water partition coefficient (Wildman–Crippen LogP) is 4.29. The number of sulfonamides is 1. The van der Waals surface area contributed by atoms with Gasteiger partial charge in [0.05, 0.1) is 22.8 Å². The molecule has 0 unspecified atom stereocenters. The zero-order valence-electron chi connectivity index (χ0n) is 22.4. The lowest BCUT2D eigenvalue weighted by atomic mass is 10.1. The largest absolute Gasteiger partial charge is 0.484 e. The zero-order valence-corrected chi connectivity index (χ0v) is 23.2. The van der Waals surface area contributed by atoms with Crippen molar-refractivity contribution in [2.45, 2.75) is 17.9 Å². The average molecular weight is 571 g/mol. The Kier molecular flexibility index (Phi) is 9.85. The van der Waals surface area contributed by atoms with Crippen molar-refractivity contribution in [3.8, 4) is 5.75 Å². The highest BCUT2D eigenvalue weighted by atomic mass is 32.2. The van der Waals surface area contributed by atoms with Crippen LogP contribution >= 0.6 is 0 Å². The third-order valence-corrected chi connectivity index (χ3v) is 7.78. The molecule has 41 heavy (non-hydrogen) atoms. The van der Waals surface area contributed by atoms with Gasteiger partial charge in [-0.05, 0) is 66.6 Å². The maximum Gasteiger partial charge on any atom is 0.264 e. The van der Waals surface area contributed by atoms with Crippen LogP contribution in [-0.2, 0) is 19.6 Å². The fraction of sp³-hybridized carbons (Fsp3) is 0.129. The Morgan fingerprint density at radius 1 is 0.829 bits per heavy atom. The van der Waals surface area contributed by atoms with Crippen molar-refractivity contribution in [2.24, 2.45) is 5.10 Å². The monoisotopic (exact) mass is 570 g/mol. The van der Waals surface area contributed by atoms with E-state index in [1.54, 1.807) is 72.8 Å². The van der Waals surface area contributed by atoms with Gasteiger partial charge in [-0.1, -0.05) is 66.7 Å². The molecule has 0 saturated carbocycles. The molecule has 0 aliphatic heterocycles. The molecule has 210 valence electrons. The van der Waals surface area contributed by atoms with Gasteiger partial charge < -0.3 is 10.1 Å². The molecule has 0 heterocycles. The molecule has 0 bridgehead atoms. The number of carbonyl (C=O) groups is 2. The van der Waals surface area contributed by atoms with E-state index in [4.69, 9.17) is 4.74 Å². The van der Waals surface area contributed by atoms with Gasteiger partial charge in [0.25, 0.3) is 21.8 Å². The van der Waals surface area contributed by atoms with Crippen LogP contribution in [0.1, 0.15) is 24.1 Å². The maximum atomic E-state index is 13.3. The molecule has 4 aromatic rings. The normalized spacial score (nSPS) is 11.9. The minimum Gasteiger partial charge on any atom is -0.484 e. The average Bonchev–Trinajstić information content (AvgIpc) is 3.00. The van der Waals surface area contributed by atoms with Crippen molar-refractivity contribution < 1.29 is 22.7 Å². The number of nitrogens with one attached hydrogen (secondary N) is 2. The summed E-state index contributed by atoms with van der Waals surface area (Å²) in [5.74, 6) is -0.354. The molecule has 0 radical (unpaired) electrons.